The molecule has 2 heterocycles. The predicted molar refractivity (Wildman–Crippen MR) is 257 cm³/mol. The first kappa shape index (κ1) is 37.1. The summed E-state index contributed by atoms with van der Waals surface area (Å²) in [5.41, 5.74) is 18.5. The lowest BCUT2D eigenvalue weighted by Gasteiger charge is -2.39. The molecule has 9 aromatic carbocycles. The third-order valence-corrected chi connectivity index (χ3v) is 12.8. The summed E-state index contributed by atoms with van der Waals surface area (Å²) in [6.45, 7) is 0. The van der Waals surface area contributed by atoms with Crippen molar-refractivity contribution in [2.24, 2.45) is 0 Å². The van der Waals surface area contributed by atoms with Gasteiger partial charge in [-0.1, -0.05) is 170 Å². The van der Waals surface area contributed by atoms with Crippen LogP contribution in [0.15, 0.2) is 224 Å². The van der Waals surface area contributed by atoms with Gasteiger partial charge in [-0.05, 0) is 110 Å². The molecule has 0 saturated heterocycles. The fourth-order valence-corrected chi connectivity index (χ4v) is 9.80. The summed E-state index contributed by atoms with van der Waals surface area (Å²) >= 11 is 0. The number of nitrogens with zero attached hydrogens (tertiary/aromatic N) is 3. The smallest absolute Gasteiger partial charge is 0.160 e. The summed E-state index contributed by atoms with van der Waals surface area (Å²) in [4.78, 5) is 10.1. The molecule has 0 saturated carbocycles. The van der Waals surface area contributed by atoms with Gasteiger partial charge in [-0.2, -0.15) is 5.26 Å². The molecule has 0 N–H and O–H groups in total. The van der Waals surface area contributed by atoms with Gasteiger partial charge < -0.3 is 4.74 Å². The predicted octanol–water partition coefficient (Wildman–Crippen LogP) is 14.8. The maximum atomic E-state index is 9.53. The fourth-order valence-electron chi connectivity index (χ4n) is 9.80. The molecule has 64 heavy (non-hydrogen) atoms. The molecular weight excluding hydrogens is 779 g/mol. The molecule has 12 rings (SSSR count). The molecule has 0 bridgehead atoms. The minimum atomic E-state index is -0.643. The van der Waals surface area contributed by atoms with E-state index in [-0.39, 0.29) is 0 Å². The zero-order valence-electron chi connectivity index (χ0n) is 34.6. The highest BCUT2D eigenvalue weighted by Gasteiger charge is 2.51. The Hall–Kier alpha value is -8.65. The topological polar surface area (TPSA) is 58.8 Å². The molecule has 0 amide bonds. The molecule has 10 aromatic rings. The molecule has 4 heteroatoms. The van der Waals surface area contributed by atoms with Crippen LogP contribution in [0.2, 0.25) is 0 Å². The van der Waals surface area contributed by atoms with E-state index >= 15 is 0 Å². The van der Waals surface area contributed by atoms with Crippen LogP contribution < -0.4 is 4.74 Å². The van der Waals surface area contributed by atoms with Gasteiger partial charge in [0.15, 0.2) is 5.82 Å². The van der Waals surface area contributed by atoms with Crippen LogP contribution in [-0.2, 0) is 5.41 Å². The minimum Gasteiger partial charge on any atom is -0.457 e. The molecule has 0 fully saturated rings. The number of hydrogen-bond acceptors (Lipinski definition) is 4. The SMILES string of the molecule is N#Cc1ccc(-c2ccc3c(c2)C2(c4ccccc4Oc4ccccc42)c2cc(-c4cccc(-c5cccc(-c6cc(-c7ccccc7)nc(-c7ccccc7)n6)c5)c4)ccc2-3)cc1. The molecule has 0 unspecified atom stereocenters. The van der Waals surface area contributed by atoms with Crippen molar-refractivity contribution in [1.29, 1.82) is 5.26 Å². The zero-order valence-corrected chi connectivity index (χ0v) is 34.6. The lowest BCUT2D eigenvalue weighted by molar-refractivity contribution is 0.436. The van der Waals surface area contributed by atoms with Gasteiger partial charge in [0.1, 0.15) is 11.5 Å². The van der Waals surface area contributed by atoms with Crippen LogP contribution >= 0.6 is 0 Å². The van der Waals surface area contributed by atoms with Gasteiger partial charge in [0.25, 0.3) is 0 Å². The number of nitriles is 1. The van der Waals surface area contributed by atoms with Gasteiger partial charge in [0, 0.05) is 27.8 Å². The van der Waals surface area contributed by atoms with Gasteiger partial charge in [-0.25, -0.2) is 9.97 Å². The van der Waals surface area contributed by atoms with Crippen LogP contribution in [0.4, 0.5) is 0 Å². The van der Waals surface area contributed by atoms with E-state index < -0.39 is 5.41 Å². The first-order chi connectivity index (χ1) is 31.6. The Kier molecular flexibility index (Phi) is 8.74. The average Bonchev–Trinajstić information content (AvgIpc) is 3.66. The molecule has 1 aliphatic heterocycles. The van der Waals surface area contributed by atoms with Crippen molar-refractivity contribution < 1.29 is 4.74 Å². The van der Waals surface area contributed by atoms with Crippen molar-refractivity contribution in [2.45, 2.75) is 5.41 Å². The van der Waals surface area contributed by atoms with Crippen LogP contribution in [0.3, 0.4) is 0 Å². The second-order valence-electron chi connectivity index (χ2n) is 16.4. The van der Waals surface area contributed by atoms with Crippen molar-refractivity contribution in [1.82, 2.24) is 9.97 Å². The molecule has 298 valence electrons. The van der Waals surface area contributed by atoms with E-state index in [1.807, 2.05) is 60.7 Å². The maximum absolute atomic E-state index is 9.53. The number of aromatic nitrogens is 2. The van der Waals surface area contributed by atoms with E-state index in [0.29, 0.717) is 11.4 Å². The van der Waals surface area contributed by atoms with Crippen molar-refractivity contribution >= 4 is 0 Å². The third kappa shape index (κ3) is 6.06. The number of para-hydroxylation sites is 2. The summed E-state index contributed by atoms with van der Waals surface area (Å²) in [6, 6.07) is 81.0. The van der Waals surface area contributed by atoms with Crippen LogP contribution in [0.25, 0.3) is 78.4 Å². The first-order valence-electron chi connectivity index (χ1n) is 21.5. The third-order valence-electron chi connectivity index (χ3n) is 12.8. The van der Waals surface area contributed by atoms with E-state index in [4.69, 9.17) is 14.7 Å². The van der Waals surface area contributed by atoms with Crippen molar-refractivity contribution in [3.8, 4) is 96.0 Å². The van der Waals surface area contributed by atoms with E-state index in [1.165, 1.54) is 22.3 Å². The molecule has 1 spiro atoms. The van der Waals surface area contributed by atoms with Crippen LogP contribution in [0.1, 0.15) is 27.8 Å². The molecule has 4 nitrogen and oxygen atoms in total. The number of rotatable bonds is 6. The maximum Gasteiger partial charge on any atom is 0.160 e. The summed E-state index contributed by atoms with van der Waals surface area (Å²) in [6.07, 6.45) is 0. The highest BCUT2D eigenvalue weighted by Crippen LogP contribution is 2.62. The summed E-state index contributed by atoms with van der Waals surface area (Å²) in [5.74, 6) is 2.40. The van der Waals surface area contributed by atoms with E-state index in [2.05, 4.69) is 170 Å². The Labute approximate surface area is 372 Å². The summed E-state index contributed by atoms with van der Waals surface area (Å²) in [7, 11) is 0. The van der Waals surface area contributed by atoms with E-state index in [1.54, 1.807) is 0 Å². The largest absolute Gasteiger partial charge is 0.457 e. The quantitative estimate of drug-likeness (QED) is 0.168. The Balaban J connectivity index is 0.987. The van der Waals surface area contributed by atoms with Gasteiger partial charge in [-0.3, -0.25) is 0 Å². The monoisotopic (exact) mass is 815 g/mol. The second kappa shape index (κ2) is 15.1. The van der Waals surface area contributed by atoms with Gasteiger partial charge in [-0.15, -0.1) is 0 Å². The van der Waals surface area contributed by atoms with Crippen molar-refractivity contribution in [3.63, 3.8) is 0 Å². The van der Waals surface area contributed by atoms with Crippen LogP contribution in [0.5, 0.6) is 11.5 Å². The Bertz CT molecular complexity index is 3380. The molecular formula is C60H37N3O. The Morgan fingerprint density at radius 3 is 1.36 bits per heavy atom. The first-order valence-corrected chi connectivity index (χ1v) is 21.5. The highest BCUT2D eigenvalue weighted by molar-refractivity contribution is 5.92. The highest BCUT2D eigenvalue weighted by atomic mass is 16.5. The molecule has 1 aliphatic carbocycles. The van der Waals surface area contributed by atoms with Crippen molar-refractivity contribution in [3.05, 3.63) is 252 Å². The molecule has 0 radical (unpaired) electrons. The van der Waals surface area contributed by atoms with Gasteiger partial charge >= 0.3 is 0 Å². The van der Waals surface area contributed by atoms with E-state index in [9.17, 15) is 5.26 Å². The lowest BCUT2D eigenvalue weighted by atomic mass is 9.65. The molecule has 1 aromatic heterocycles. The number of hydrogen-bond donors (Lipinski definition) is 0. The molecule has 2 aliphatic rings. The fraction of sp³-hybridized carbons (Fsp3) is 0.0167. The normalized spacial score (nSPS) is 12.6. The van der Waals surface area contributed by atoms with Crippen molar-refractivity contribution in [2.75, 3.05) is 0 Å². The zero-order chi connectivity index (χ0) is 42.6. The van der Waals surface area contributed by atoms with E-state index in [0.717, 1.165) is 84.1 Å². The Morgan fingerprint density at radius 1 is 0.344 bits per heavy atom. The molecule has 0 atom stereocenters. The van der Waals surface area contributed by atoms with Crippen LogP contribution in [-0.4, -0.2) is 9.97 Å². The number of ether oxygens (including phenoxy) is 1. The van der Waals surface area contributed by atoms with Gasteiger partial charge in [0.05, 0.1) is 28.4 Å². The minimum absolute atomic E-state index is 0.643. The lowest BCUT2D eigenvalue weighted by Crippen LogP contribution is -2.32. The number of benzene rings is 9. The average molecular weight is 816 g/mol. The summed E-state index contributed by atoms with van der Waals surface area (Å²) in [5, 5.41) is 9.53. The standard InChI is InChI=1S/C60H37N3O/c61-38-39-25-27-40(28-26-39)46-29-31-49-50-32-30-47(36-54(50)60(53(49)35-46)51-21-7-9-23-57(51)64-58-24-10-8-22-52(58)60)44-18-11-17-43(33-44)45-19-12-20-48(34-45)56-37-55(41-13-3-1-4-14-41)62-59(63-56)42-15-5-2-6-16-42/h1-37H. The number of fused-ring (bicyclic) bond motifs is 9. The van der Waals surface area contributed by atoms with Gasteiger partial charge in [0.2, 0.25) is 0 Å². The summed E-state index contributed by atoms with van der Waals surface area (Å²) < 4.78 is 6.68. The van der Waals surface area contributed by atoms with Crippen LogP contribution in [0, 0.1) is 11.3 Å². The Morgan fingerprint density at radius 2 is 0.781 bits per heavy atom. The second-order valence-corrected chi connectivity index (χ2v) is 16.4.